The van der Waals surface area contributed by atoms with Gasteiger partial charge in [0.25, 0.3) is 11.8 Å². The van der Waals surface area contributed by atoms with Gasteiger partial charge in [-0.05, 0) is 42.5 Å². The van der Waals surface area contributed by atoms with Gasteiger partial charge in [-0.3, -0.25) is 4.79 Å². The number of para-hydroxylation sites is 2. The Bertz CT molecular complexity index is 1750. The number of amides is 1. The fourth-order valence-electron chi connectivity index (χ4n) is 4.14. The number of hydrogen-bond donors (Lipinski definition) is 2. The lowest BCUT2D eigenvalue weighted by Gasteiger charge is -2.07. The Balaban J connectivity index is 1.43. The Labute approximate surface area is 230 Å². The van der Waals surface area contributed by atoms with Crippen LogP contribution in [0.15, 0.2) is 132 Å². The first-order valence-corrected chi connectivity index (χ1v) is 12.7. The largest absolute Gasteiger partial charge is 0.402 e. The highest BCUT2D eigenvalue weighted by atomic mass is 16.4. The van der Waals surface area contributed by atoms with Gasteiger partial charge >= 0.3 is 6.01 Å². The smallest absolute Gasteiger partial charge is 0.320 e. The molecule has 0 aliphatic carbocycles. The molecular formula is C32H24N6O2. The van der Waals surface area contributed by atoms with E-state index in [1.54, 1.807) is 22.9 Å². The minimum absolute atomic E-state index is 0.147. The van der Waals surface area contributed by atoms with Crippen molar-refractivity contribution in [3.8, 4) is 16.9 Å². The molecule has 0 fully saturated rings. The lowest BCUT2D eigenvalue weighted by atomic mass is 10.1. The summed E-state index contributed by atoms with van der Waals surface area (Å²) in [5, 5.41) is 19.3. The van der Waals surface area contributed by atoms with Crippen molar-refractivity contribution in [2.24, 2.45) is 0 Å². The Morgan fingerprint density at radius 2 is 1.38 bits per heavy atom. The molecule has 2 N–H and O–H groups in total. The lowest BCUT2D eigenvalue weighted by Crippen LogP contribution is -2.22. The summed E-state index contributed by atoms with van der Waals surface area (Å²) in [5.74, 6) is -0.159. The number of hydrogen-bond acceptors (Lipinski definition) is 6. The number of anilines is 2. The van der Waals surface area contributed by atoms with Gasteiger partial charge in [-0.25, -0.2) is 4.68 Å². The van der Waals surface area contributed by atoms with Gasteiger partial charge < -0.3 is 15.1 Å². The second kappa shape index (κ2) is 11.3. The van der Waals surface area contributed by atoms with Crippen LogP contribution < -0.4 is 10.6 Å². The van der Waals surface area contributed by atoms with E-state index < -0.39 is 0 Å². The summed E-state index contributed by atoms with van der Waals surface area (Å²) in [7, 11) is 0. The molecular weight excluding hydrogens is 500 g/mol. The molecule has 2 aromatic heterocycles. The van der Waals surface area contributed by atoms with E-state index in [0.717, 1.165) is 28.2 Å². The quantitative estimate of drug-likeness (QED) is 0.233. The molecule has 40 heavy (non-hydrogen) atoms. The summed E-state index contributed by atoms with van der Waals surface area (Å²) < 4.78 is 7.76. The predicted molar refractivity (Wildman–Crippen MR) is 155 cm³/mol. The molecule has 1 amide bonds. The predicted octanol–water partition coefficient (Wildman–Crippen LogP) is 6.59. The number of carbonyl (C=O) groups is 1. The van der Waals surface area contributed by atoms with Crippen LogP contribution in [-0.4, -0.2) is 25.9 Å². The summed E-state index contributed by atoms with van der Waals surface area (Å²) in [6.45, 7) is 0. The highest BCUT2D eigenvalue weighted by Gasteiger charge is 2.19. The van der Waals surface area contributed by atoms with Crippen LogP contribution in [0.2, 0.25) is 0 Å². The van der Waals surface area contributed by atoms with Crippen LogP contribution in [0.1, 0.15) is 21.8 Å². The van der Waals surface area contributed by atoms with Gasteiger partial charge in [0.2, 0.25) is 0 Å². The van der Waals surface area contributed by atoms with Gasteiger partial charge in [-0.2, -0.15) is 5.10 Å². The molecule has 0 saturated heterocycles. The molecule has 6 aromatic rings. The fraction of sp³-hybridized carbons (Fsp3) is 0. The summed E-state index contributed by atoms with van der Waals surface area (Å²) in [4.78, 5) is 13.2. The van der Waals surface area contributed by atoms with E-state index in [0.29, 0.717) is 11.3 Å². The molecule has 0 radical (unpaired) electrons. The Hall–Kier alpha value is -5.76. The molecule has 0 aliphatic heterocycles. The second-order valence-electron chi connectivity index (χ2n) is 8.86. The van der Waals surface area contributed by atoms with Crippen molar-refractivity contribution >= 4 is 29.4 Å². The first kappa shape index (κ1) is 24.6. The highest BCUT2D eigenvalue weighted by molar-refractivity contribution is 6.01. The zero-order valence-corrected chi connectivity index (χ0v) is 21.3. The maximum atomic E-state index is 13.2. The molecule has 6 rings (SSSR count). The second-order valence-corrected chi connectivity index (χ2v) is 8.86. The van der Waals surface area contributed by atoms with Crippen LogP contribution in [0.5, 0.6) is 0 Å². The summed E-state index contributed by atoms with van der Waals surface area (Å²) in [6.07, 6.45) is 3.71. The van der Waals surface area contributed by atoms with E-state index in [4.69, 9.17) is 9.52 Å². The van der Waals surface area contributed by atoms with Crippen molar-refractivity contribution in [2.75, 3.05) is 5.32 Å². The van der Waals surface area contributed by atoms with E-state index in [-0.39, 0.29) is 17.8 Å². The monoisotopic (exact) mass is 524 g/mol. The average Bonchev–Trinajstić information content (AvgIpc) is 3.66. The van der Waals surface area contributed by atoms with Gasteiger partial charge in [0.15, 0.2) is 0 Å². The van der Waals surface area contributed by atoms with E-state index in [9.17, 15) is 4.79 Å². The van der Waals surface area contributed by atoms with Crippen LogP contribution in [0.3, 0.4) is 0 Å². The lowest BCUT2D eigenvalue weighted by molar-refractivity contribution is 0.0973. The molecule has 0 bridgehead atoms. The normalized spacial score (nSPS) is 11.2. The number of carbonyl (C=O) groups excluding carboxylic acids is 1. The maximum absolute atomic E-state index is 13.2. The summed E-state index contributed by atoms with van der Waals surface area (Å²) >= 11 is 0. The average molecular weight is 525 g/mol. The first-order chi connectivity index (χ1) is 19.7. The molecule has 8 nitrogen and oxygen atoms in total. The number of rotatable bonds is 8. The molecule has 0 aliphatic rings. The van der Waals surface area contributed by atoms with Crippen LogP contribution in [0, 0.1) is 0 Å². The number of nitrogens with one attached hydrogen (secondary N) is 2. The zero-order chi connectivity index (χ0) is 27.1. The van der Waals surface area contributed by atoms with Crippen molar-refractivity contribution in [1.29, 1.82) is 0 Å². The van der Waals surface area contributed by atoms with Crippen molar-refractivity contribution in [1.82, 2.24) is 25.3 Å². The number of nitrogens with zero attached hydrogens (tertiary/aromatic N) is 4. The Kier molecular flexibility index (Phi) is 6.95. The molecule has 0 spiro atoms. The van der Waals surface area contributed by atoms with Gasteiger partial charge in [-0.15, -0.1) is 5.10 Å². The minimum Gasteiger partial charge on any atom is -0.402 e. The van der Waals surface area contributed by atoms with Crippen molar-refractivity contribution in [2.45, 2.75) is 0 Å². The highest BCUT2D eigenvalue weighted by Crippen LogP contribution is 2.28. The van der Waals surface area contributed by atoms with Gasteiger partial charge in [0.1, 0.15) is 11.4 Å². The van der Waals surface area contributed by atoms with Gasteiger partial charge in [0, 0.05) is 28.6 Å². The van der Waals surface area contributed by atoms with E-state index in [1.807, 2.05) is 115 Å². The van der Waals surface area contributed by atoms with E-state index in [2.05, 4.69) is 20.8 Å². The van der Waals surface area contributed by atoms with Crippen LogP contribution in [0.4, 0.5) is 11.7 Å². The standard InChI is InChI=1S/C32H24N6O2/c39-30(24-15-7-2-8-16-24)34-28(31-35-36-32(40-31)33-26-17-9-3-10-18-26)21-25-22-38(27-19-11-4-12-20-27)37-29(25)23-13-5-1-6-14-23/h1-22H,(H,33,36)(H,34,39)/b28-21-. The molecule has 8 heteroatoms. The van der Waals surface area contributed by atoms with Crippen molar-refractivity contribution < 1.29 is 9.21 Å². The first-order valence-electron chi connectivity index (χ1n) is 12.7. The van der Waals surface area contributed by atoms with Gasteiger partial charge in [0.05, 0.1) is 5.69 Å². The third-order valence-corrected chi connectivity index (χ3v) is 6.07. The SMILES string of the molecule is O=C(N/C(=C\c1cn(-c2ccccc2)nc1-c1ccccc1)c1nnc(Nc2ccccc2)o1)c1ccccc1. The third kappa shape index (κ3) is 5.56. The number of aromatic nitrogens is 4. The van der Waals surface area contributed by atoms with E-state index >= 15 is 0 Å². The van der Waals surface area contributed by atoms with Crippen molar-refractivity contribution in [3.05, 3.63) is 145 Å². The van der Waals surface area contributed by atoms with Crippen molar-refractivity contribution in [3.63, 3.8) is 0 Å². The topological polar surface area (TPSA) is 97.9 Å². The molecule has 4 aromatic carbocycles. The van der Waals surface area contributed by atoms with Crippen LogP contribution in [-0.2, 0) is 0 Å². The Morgan fingerprint density at radius 3 is 2.08 bits per heavy atom. The fourth-order valence-corrected chi connectivity index (χ4v) is 4.14. The van der Waals surface area contributed by atoms with Gasteiger partial charge in [-0.1, -0.05) is 90.0 Å². The minimum atomic E-state index is -0.306. The number of benzene rings is 4. The molecule has 194 valence electrons. The molecule has 0 saturated carbocycles. The summed E-state index contributed by atoms with van der Waals surface area (Å²) in [6, 6.07) is 38.4. The van der Waals surface area contributed by atoms with Crippen LogP contribution in [0.25, 0.3) is 28.7 Å². The van der Waals surface area contributed by atoms with E-state index in [1.165, 1.54) is 0 Å². The maximum Gasteiger partial charge on any atom is 0.320 e. The third-order valence-electron chi connectivity index (χ3n) is 6.07. The molecule has 0 unspecified atom stereocenters. The van der Waals surface area contributed by atoms with Crippen LogP contribution >= 0.6 is 0 Å². The summed E-state index contributed by atoms with van der Waals surface area (Å²) in [5.41, 5.74) is 4.96. The molecule has 0 atom stereocenters. The molecule has 2 heterocycles. The Morgan fingerprint density at radius 1 is 0.750 bits per heavy atom. The zero-order valence-electron chi connectivity index (χ0n) is 21.3.